The molecular weight excluding hydrogens is 486 g/mol. The summed E-state index contributed by atoms with van der Waals surface area (Å²) in [5, 5.41) is 1.16. The number of alkyl halides is 12. The van der Waals surface area contributed by atoms with Gasteiger partial charge in [0.15, 0.2) is 0 Å². The zero-order valence-electron chi connectivity index (χ0n) is 17.8. The molecule has 0 bridgehead atoms. The first-order valence-electron chi connectivity index (χ1n) is 10.4. The molecule has 0 rings (SSSR count). The highest BCUT2D eigenvalue weighted by Gasteiger charge is 2.89. The number of hydrogen-bond donors (Lipinski definition) is 1. The minimum absolute atomic E-state index is 0.0424. The summed E-state index contributed by atoms with van der Waals surface area (Å²) < 4.78 is 157. The average Bonchev–Trinajstić information content (AvgIpc) is 2.70. The van der Waals surface area contributed by atoms with Crippen LogP contribution in [0.4, 0.5) is 52.7 Å². The Morgan fingerprint density at radius 2 is 1.03 bits per heavy atom. The van der Waals surface area contributed by atoms with Crippen LogP contribution in [0.5, 0.6) is 0 Å². The summed E-state index contributed by atoms with van der Waals surface area (Å²) in [6.45, 7) is 1.35. The molecular formula is C19H27F12NO. The molecule has 0 atom stereocenters. The number of nitrogens with one attached hydrogen (secondary N) is 1. The fourth-order valence-electron chi connectivity index (χ4n) is 2.81. The van der Waals surface area contributed by atoms with Crippen LogP contribution in [0, 0.1) is 0 Å². The number of carbonyl (C=O) groups excluding carboxylic acids is 1. The summed E-state index contributed by atoms with van der Waals surface area (Å²) in [5.74, 6) is -39.5. The molecule has 0 aromatic heterocycles. The van der Waals surface area contributed by atoms with Crippen LogP contribution < -0.4 is 5.32 Å². The largest absolute Gasteiger partial charge is 0.392 e. The fourth-order valence-corrected chi connectivity index (χ4v) is 2.81. The van der Waals surface area contributed by atoms with E-state index in [0.717, 1.165) is 50.3 Å². The molecule has 0 heterocycles. The lowest BCUT2D eigenvalue weighted by Gasteiger charge is -2.38. The lowest BCUT2D eigenvalue weighted by Crippen LogP contribution is -2.70. The van der Waals surface area contributed by atoms with Crippen LogP contribution in [-0.2, 0) is 4.79 Å². The van der Waals surface area contributed by atoms with Gasteiger partial charge in [0.2, 0.25) is 0 Å². The van der Waals surface area contributed by atoms with E-state index in [1.807, 2.05) is 0 Å². The number of hydrogen-bond acceptors (Lipinski definition) is 1. The normalized spacial score (nSPS) is 14.1. The van der Waals surface area contributed by atoms with Crippen molar-refractivity contribution >= 4 is 5.91 Å². The molecule has 198 valence electrons. The van der Waals surface area contributed by atoms with Crippen molar-refractivity contribution < 1.29 is 57.5 Å². The van der Waals surface area contributed by atoms with Crippen molar-refractivity contribution in [1.82, 2.24) is 5.32 Å². The number of carbonyl (C=O) groups is 1. The van der Waals surface area contributed by atoms with Gasteiger partial charge in [0.1, 0.15) is 0 Å². The Kier molecular flexibility index (Phi) is 11.9. The molecule has 0 fully saturated rings. The molecule has 0 aromatic rings. The average molecular weight is 513 g/mol. The third kappa shape index (κ3) is 7.06. The Morgan fingerprint density at radius 1 is 0.636 bits per heavy atom. The van der Waals surface area contributed by atoms with E-state index >= 15 is 0 Å². The van der Waals surface area contributed by atoms with Gasteiger partial charge in [-0.15, -0.1) is 0 Å². The predicted octanol–water partition coefficient (Wildman–Crippen LogP) is 7.47. The van der Waals surface area contributed by atoms with Gasteiger partial charge in [-0.1, -0.05) is 64.7 Å². The van der Waals surface area contributed by atoms with Gasteiger partial charge < -0.3 is 5.32 Å². The maximum absolute atomic E-state index is 13.6. The van der Waals surface area contributed by atoms with Gasteiger partial charge >= 0.3 is 36.0 Å². The van der Waals surface area contributed by atoms with Crippen molar-refractivity contribution in [3.63, 3.8) is 0 Å². The summed E-state index contributed by atoms with van der Waals surface area (Å²) >= 11 is 0. The standard InChI is InChI=1S/C19H27F12NO/c1-2-3-4-5-6-7-8-9-10-11-12-32-14(33)16(24,25)18(28,29)19(30,31)17(26,27)15(22,23)13(20)21/h13H,2-12H2,1H3,(H,32,33). The molecule has 0 spiro atoms. The molecule has 1 amide bonds. The molecule has 0 aliphatic carbocycles. The van der Waals surface area contributed by atoms with E-state index in [1.54, 1.807) is 0 Å². The van der Waals surface area contributed by atoms with Crippen molar-refractivity contribution in [3.8, 4) is 0 Å². The maximum Gasteiger partial charge on any atom is 0.392 e. The van der Waals surface area contributed by atoms with Crippen molar-refractivity contribution in [2.24, 2.45) is 0 Å². The minimum atomic E-state index is -7.70. The van der Waals surface area contributed by atoms with E-state index in [2.05, 4.69) is 6.92 Å². The Morgan fingerprint density at radius 3 is 1.42 bits per heavy atom. The molecule has 0 saturated carbocycles. The first kappa shape index (κ1) is 31.6. The third-order valence-electron chi connectivity index (χ3n) is 4.98. The van der Waals surface area contributed by atoms with E-state index < -0.39 is 48.5 Å². The first-order valence-corrected chi connectivity index (χ1v) is 10.4. The monoisotopic (exact) mass is 513 g/mol. The SMILES string of the molecule is CCCCCCCCCCCCNC(=O)C(F)(F)C(F)(F)C(F)(F)C(F)(F)C(F)(F)C(F)F. The Balaban J connectivity index is 4.84. The number of rotatable bonds is 17. The van der Waals surface area contributed by atoms with Crippen LogP contribution in [0.2, 0.25) is 0 Å². The number of unbranched alkanes of at least 4 members (excludes halogenated alkanes) is 9. The lowest BCUT2D eigenvalue weighted by molar-refractivity contribution is -0.407. The highest BCUT2D eigenvalue weighted by molar-refractivity contribution is 5.84. The van der Waals surface area contributed by atoms with Crippen molar-refractivity contribution in [2.75, 3.05) is 6.54 Å². The van der Waals surface area contributed by atoms with Crippen molar-refractivity contribution in [2.45, 2.75) is 107 Å². The van der Waals surface area contributed by atoms with Gasteiger partial charge in [0.25, 0.3) is 5.91 Å². The van der Waals surface area contributed by atoms with E-state index in [0.29, 0.717) is 12.8 Å². The summed E-state index contributed by atoms with van der Waals surface area (Å²) in [6, 6.07) is 0. The molecule has 2 nitrogen and oxygen atoms in total. The van der Waals surface area contributed by atoms with Gasteiger partial charge in [-0.05, 0) is 6.42 Å². The number of amides is 1. The molecule has 1 N–H and O–H groups in total. The highest BCUT2D eigenvalue weighted by Crippen LogP contribution is 2.58. The Bertz CT molecular complexity index is 595. The molecule has 0 unspecified atom stereocenters. The van der Waals surface area contributed by atoms with Crippen LogP contribution >= 0.6 is 0 Å². The maximum atomic E-state index is 13.6. The van der Waals surface area contributed by atoms with Crippen LogP contribution in [0.15, 0.2) is 0 Å². The van der Waals surface area contributed by atoms with Gasteiger partial charge in [-0.25, -0.2) is 8.78 Å². The summed E-state index contributed by atoms with van der Waals surface area (Å²) in [6.07, 6.45) is 2.25. The smallest absolute Gasteiger partial charge is 0.351 e. The van der Waals surface area contributed by atoms with Gasteiger partial charge in [0, 0.05) is 6.54 Å². The lowest BCUT2D eigenvalue weighted by atomic mass is 9.94. The van der Waals surface area contributed by atoms with Gasteiger partial charge in [-0.3, -0.25) is 4.79 Å². The zero-order valence-corrected chi connectivity index (χ0v) is 17.8. The molecule has 0 aromatic carbocycles. The molecule has 14 heteroatoms. The second kappa shape index (κ2) is 12.4. The minimum Gasteiger partial charge on any atom is -0.351 e. The fraction of sp³-hybridized carbons (Fsp3) is 0.947. The zero-order chi connectivity index (χ0) is 26.1. The second-order valence-corrected chi connectivity index (χ2v) is 7.66. The van der Waals surface area contributed by atoms with Crippen LogP contribution in [0.1, 0.15) is 71.1 Å². The highest BCUT2D eigenvalue weighted by atomic mass is 19.4. The van der Waals surface area contributed by atoms with Crippen molar-refractivity contribution in [3.05, 3.63) is 0 Å². The van der Waals surface area contributed by atoms with Gasteiger partial charge in [-0.2, -0.15) is 43.9 Å². The van der Waals surface area contributed by atoms with Crippen LogP contribution in [0.3, 0.4) is 0 Å². The Hall–Kier alpha value is -1.37. The quantitative estimate of drug-likeness (QED) is 0.159. The van der Waals surface area contributed by atoms with E-state index in [1.165, 1.54) is 0 Å². The molecule has 0 radical (unpaired) electrons. The third-order valence-corrected chi connectivity index (χ3v) is 4.98. The molecule has 0 aliphatic heterocycles. The van der Waals surface area contributed by atoms with E-state index in [9.17, 15) is 57.5 Å². The molecule has 0 saturated heterocycles. The van der Waals surface area contributed by atoms with Crippen LogP contribution in [-0.4, -0.2) is 48.5 Å². The van der Waals surface area contributed by atoms with Crippen LogP contribution in [0.25, 0.3) is 0 Å². The van der Waals surface area contributed by atoms with Gasteiger partial charge in [0.05, 0.1) is 0 Å². The predicted molar refractivity (Wildman–Crippen MR) is 95.6 cm³/mol. The topological polar surface area (TPSA) is 29.1 Å². The Labute approximate surface area is 183 Å². The molecule has 0 aliphatic rings. The first-order chi connectivity index (χ1) is 14.9. The van der Waals surface area contributed by atoms with E-state index in [-0.39, 0.29) is 6.42 Å². The summed E-state index contributed by atoms with van der Waals surface area (Å²) in [4.78, 5) is 11.3. The number of halogens is 12. The molecule has 33 heavy (non-hydrogen) atoms. The summed E-state index contributed by atoms with van der Waals surface area (Å²) in [5.41, 5.74) is 0. The van der Waals surface area contributed by atoms with Crippen molar-refractivity contribution in [1.29, 1.82) is 0 Å². The summed E-state index contributed by atoms with van der Waals surface area (Å²) in [7, 11) is 0. The second-order valence-electron chi connectivity index (χ2n) is 7.66. The van der Waals surface area contributed by atoms with E-state index in [4.69, 9.17) is 0 Å².